The van der Waals surface area contributed by atoms with Crippen molar-refractivity contribution in [1.82, 2.24) is 0 Å². The maximum Gasteiger partial charge on any atom is 0.114 e. The molecular formula is C8H16O4. The lowest BCUT2D eigenvalue weighted by molar-refractivity contribution is -0.219. The van der Waals surface area contributed by atoms with Gasteiger partial charge in [0.05, 0.1) is 12.2 Å². The van der Waals surface area contributed by atoms with Crippen LogP contribution in [0.5, 0.6) is 0 Å². The van der Waals surface area contributed by atoms with Crippen LogP contribution in [0.2, 0.25) is 0 Å². The van der Waals surface area contributed by atoms with Crippen molar-refractivity contribution in [2.75, 3.05) is 7.11 Å². The van der Waals surface area contributed by atoms with Gasteiger partial charge in [0.1, 0.15) is 18.3 Å². The molecule has 5 atom stereocenters. The van der Waals surface area contributed by atoms with Gasteiger partial charge in [-0.15, -0.1) is 0 Å². The smallest absolute Gasteiger partial charge is 0.114 e. The van der Waals surface area contributed by atoms with Gasteiger partial charge in [-0.25, -0.2) is 0 Å². The van der Waals surface area contributed by atoms with E-state index in [0.717, 1.165) is 0 Å². The Bertz CT molecular complexity index is 136. The van der Waals surface area contributed by atoms with Gasteiger partial charge in [-0.05, 0) is 13.8 Å². The first-order chi connectivity index (χ1) is 5.57. The lowest BCUT2D eigenvalue weighted by Gasteiger charge is -2.39. The van der Waals surface area contributed by atoms with Crippen LogP contribution < -0.4 is 0 Å². The Morgan fingerprint density at radius 2 is 1.50 bits per heavy atom. The highest BCUT2D eigenvalue weighted by atomic mass is 16.6. The summed E-state index contributed by atoms with van der Waals surface area (Å²) in [4.78, 5) is 0. The van der Waals surface area contributed by atoms with Gasteiger partial charge in [0.25, 0.3) is 0 Å². The molecule has 0 saturated carbocycles. The number of hydrogen-bond donors (Lipinski definition) is 2. The molecule has 0 spiro atoms. The van der Waals surface area contributed by atoms with E-state index in [1.807, 2.05) is 0 Å². The SMILES string of the molecule is CO[C@@H]1[C@@H](O)[C@H](C)OC(C)[C@@H]1O. The second-order valence-electron chi connectivity index (χ2n) is 3.23. The fraction of sp³-hybridized carbons (Fsp3) is 1.00. The molecule has 1 saturated heterocycles. The number of ether oxygens (including phenoxy) is 2. The van der Waals surface area contributed by atoms with E-state index in [0.29, 0.717) is 0 Å². The summed E-state index contributed by atoms with van der Waals surface area (Å²) in [6.45, 7) is 3.53. The maximum absolute atomic E-state index is 9.52. The van der Waals surface area contributed by atoms with Crippen molar-refractivity contribution < 1.29 is 19.7 Å². The number of rotatable bonds is 1. The van der Waals surface area contributed by atoms with Gasteiger partial charge in [0, 0.05) is 7.11 Å². The van der Waals surface area contributed by atoms with Gasteiger partial charge in [-0.2, -0.15) is 0 Å². The molecular weight excluding hydrogens is 160 g/mol. The summed E-state index contributed by atoms with van der Waals surface area (Å²) in [7, 11) is 1.47. The molecule has 1 fully saturated rings. The van der Waals surface area contributed by atoms with Crippen molar-refractivity contribution in [2.45, 2.75) is 44.4 Å². The quantitative estimate of drug-likeness (QED) is 0.567. The molecule has 12 heavy (non-hydrogen) atoms. The van der Waals surface area contributed by atoms with Crippen LogP contribution >= 0.6 is 0 Å². The molecule has 1 aliphatic heterocycles. The van der Waals surface area contributed by atoms with Crippen LogP contribution in [0, 0.1) is 0 Å². The van der Waals surface area contributed by atoms with Crippen molar-refractivity contribution >= 4 is 0 Å². The average molecular weight is 176 g/mol. The van der Waals surface area contributed by atoms with Crippen LogP contribution in [0.4, 0.5) is 0 Å². The van der Waals surface area contributed by atoms with Crippen molar-refractivity contribution in [3.63, 3.8) is 0 Å². The van der Waals surface area contributed by atoms with Crippen LogP contribution in [0.3, 0.4) is 0 Å². The van der Waals surface area contributed by atoms with Crippen LogP contribution in [0.1, 0.15) is 13.8 Å². The maximum atomic E-state index is 9.52. The summed E-state index contributed by atoms with van der Waals surface area (Å²) in [5.41, 5.74) is 0. The zero-order valence-electron chi connectivity index (χ0n) is 7.60. The van der Waals surface area contributed by atoms with Crippen molar-refractivity contribution in [2.24, 2.45) is 0 Å². The summed E-state index contributed by atoms with van der Waals surface area (Å²) < 4.78 is 10.2. The monoisotopic (exact) mass is 176 g/mol. The topological polar surface area (TPSA) is 58.9 Å². The molecule has 0 amide bonds. The minimum Gasteiger partial charge on any atom is -0.388 e. The largest absolute Gasteiger partial charge is 0.388 e. The third kappa shape index (κ3) is 1.61. The van der Waals surface area contributed by atoms with E-state index < -0.39 is 18.3 Å². The van der Waals surface area contributed by atoms with Gasteiger partial charge in [-0.3, -0.25) is 0 Å². The van der Waals surface area contributed by atoms with Crippen molar-refractivity contribution in [3.05, 3.63) is 0 Å². The Balaban J connectivity index is 2.67. The van der Waals surface area contributed by atoms with Crippen LogP contribution in [0.25, 0.3) is 0 Å². The Morgan fingerprint density at radius 3 is 1.83 bits per heavy atom. The minimum atomic E-state index is -0.749. The van der Waals surface area contributed by atoms with Gasteiger partial charge in [0.15, 0.2) is 0 Å². The predicted molar refractivity (Wildman–Crippen MR) is 42.8 cm³/mol. The first-order valence-electron chi connectivity index (χ1n) is 4.12. The average Bonchev–Trinajstić information content (AvgIpc) is 2.02. The molecule has 0 aromatic carbocycles. The molecule has 0 aromatic rings. The summed E-state index contributed by atoms with van der Waals surface area (Å²) in [6.07, 6.45) is -2.60. The first-order valence-corrected chi connectivity index (χ1v) is 4.12. The van der Waals surface area contributed by atoms with Crippen molar-refractivity contribution in [3.8, 4) is 0 Å². The molecule has 1 unspecified atom stereocenters. The normalized spacial score (nSPS) is 49.2. The highest BCUT2D eigenvalue weighted by molar-refractivity contribution is 4.89. The Kier molecular flexibility index (Phi) is 3.06. The molecule has 4 heteroatoms. The van der Waals surface area contributed by atoms with Gasteiger partial charge < -0.3 is 19.7 Å². The first kappa shape index (κ1) is 9.92. The molecule has 0 bridgehead atoms. The minimum absolute atomic E-state index is 0.284. The Hall–Kier alpha value is -0.160. The summed E-state index contributed by atoms with van der Waals surface area (Å²) >= 11 is 0. The molecule has 0 aromatic heterocycles. The number of hydrogen-bond acceptors (Lipinski definition) is 4. The fourth-order valence-corrected chi connectivity index (χ4v) is 1.51. The zero-order valence-corrected chi connectivity index (χ0v) is 7.60. The third-order valence-electron chi connectivity index (χ3n) is 2.34. The van der Waals surface area contributed by atoms with E-state index in [-0.39, 0.29) is 12.2 Å². The number of methoxy groups -OCH3 is 1. The molecule has 1 heterocycles. The van der Waals surface area contributed by atoms with E-state index in [9.17, 15) is 10.2 Å². The Labute approximate surface area is 72.1 Å². The summed E-state index contributed by atoms with van der Waals surface area (Å²) in [5, 5.41) is 19.0. The molecule has 2 N–H and O–H groups in total. The summed E-state index contributed by atoms with van der Waals surface area (Å²) in [5.74, 6) is 0. The third-order valence-corrected chi connectivity index (χ3v) is 2.34. The Morgan fingerprint density at radius 1 is 1.08 bits per heavy atom. The standard InChI is InChI=1S/C8H16O4/c1-4-6(9)8(11-3)7(10)5(2)12-4/h4-10H,1-3H3/t4-,5?,6-,7-,8+/m0/s1. The lowest BCUT2D eigenvalue weighted by atomic mass is 9.96. The second kappa shape index (κ2) is 3.70. The van der Waals surface area contributed by atoms with E-state index in [1.165, 1.54) is 7.11 Å². The molecule has 0 aliphatic carbocycles. The van der Waals surface area contributed by atoms with E-state index >= 15 is 0 Å². The van der Waals surface area contributed by atoms with Gasteiger partial charge in [-0.1, -0.05) is 0 Å². The fourth-order valence-electron chi connectivity index (χ4n) is 1.51. The highest BCUT2D eigenvalue weighted by Gasteiger charge is 2.40. The van der Waals surface area contributed by atoms with Gasteiger partial charge in [0.2, 0.25) is 0 Å². The predicted octanol–water partition coefficient (Wildman–Crippen LogP) is -0.470. The second-order valence-corrected chi connectivity index (χ2v) is 3.23. The molecule has 1 rings (SSSR count). The summed E-state index contributed by atoms with van der Waals surface area (Å²) in [6, 6.07) is 0. The van der Waals surface area contributed by atoms with Crippen LogP contribution in [-0.4, -0.2) is 47.8 Å². The molecule has 1 aliphatic rings. The highest BCUT2D eigenvalue weighted by Crippen LogP contribution is 2.22. The lowest BCUT2D eigenvalue weighted by Crippen LogP contribution is -2.56. The molecule has 0 radical (unpaired) electrons. The molecule has 4 nitrogen and oxygen atoms in total. The van der Waals surface area contributed by atoms with E-state index in [2.05, 4.69) is 0 Å². The van der Waals surface area contributed by atoms with Crippen molar-refractivity contribution in [1.29, 1.82) is 0 Å². The molecule has 72 valence electrons. The zero-order chi connectivity index (χ0) is 9.30. The van der Waals surface area contributed by atoms with Crippen LogP contribution in [0.15, 0.2) is 0 Å². The van der Waals surface area contributed by atoms with E-state index in [4.69, 9.17) is 9.47 Å². The number of aliphatic hydroxyl groups excluding tert-OH is 2. The van der Waals surface area contributed by atoms with E-state index in [1.54, 1.807) is 13.8 Å². The van der Waals surface area contributed by atoms with Crippen LogP contribution in [-0.2, 0) is 9.47 Å². The van der Waals surface area contributed by atoms with Gasteiger partial charge >= 0.3 is 0 Å². The number of aliphatic hydroxyl groups is 2.